The van der Waals surface area contributed by atoms with Crippen molar-refractivity contribution in [2.24, 2.45) is 5.41 Å². The van der Waals surface area contributed by atoms with E-state index in [1.165, 1.54) is 13.8 Å². The average molecular weight is 769 g/mol. The van der Waals surface area contributed by atoms with E-state index >= 15 is 0 Å². The number of benzene rings is 3. The zero-order chi connectivity index (χ0) is 40.5. The molecule has 4 N–H and O–H groups in total. The summed E-state index contributed by atoms with van der Waals surface area (Å²) in [5.74, 6) is -3.93. The van der Waals surface area contributed by atoms with Crippen LogP contribution in [0.15, 0.2) is 116 Å². The van der Waals surface area contributed by atoms with Gasteiger partial charge in [0.15, 0.2) is 6.29 Å². The first-order valence-corrected chi connectivity index (χ1v) is 18.1. The van der Waals surface area contributed by atoms with E-state index in [2.05, 4.69) is 34.4 Å². The largest absolute Gasteiger partial charge is 0.463 e. The maximum absolute atomic E-state index is 13.3. The fraction of sp³-hybridized carbons (Fsp3) is 0.333. The lowest BCUT2D eigenvalue weighted by Gasteiger charge is -2.39. The van der Waals surface area contributed by atoms with E-state index in [1.54, 1.807) is 24.3 Å². The SMILES string of the molecule is C=CC(=O)N[C@@H](Cc1ccccc1)C(=O)N[C@@H](C)C(=O)OCC1(COC(=O)[C@H](C)NC(=O)[C@H](Cc2ccccc2)NC(=O)C=C)COC(c2ccccc2)OC1. The molecule has 1 heterocycles. The molecule has 0 radical (unpaired) electrons. The molecule has 0 spiro atoms. The summed E-state index contributed by atoms with van der Waals surface area (Å²) in [4.78, 5) is 77.2. The second-order valence-electron chi connectivity index (χ2n) is 13.5. The lowest BCUT2D eigenvalue weighted by Crippen LogP contribution is -2.53. The van der Waals surface area contributed by atoms with Gasteiger partial charge in [0, 0.05) is 18.4 Å². The van der Waals surface area contributed by atoms with E-state index in [0.29, 0.717) is 0 Å². The second kappa shape index (κ2) is 21.1. The van der Waals surface area contributed by atoms with Crippen molar-refractivity contribution in [2.75, 3.05) is 26.4 Å². The number of hydrogen-bond acceptors (Lipinski definition) is 10. The predicted molar refractivity (Wildman–Crippen MR) is 205 cm³/mol. The highest BCUT2D eigenvalue weighted by atomic mass is 16.7. The molecule has 4 rings (SSSR count). The van der Waals surface area contributed by atoms with Crippen LogP contribution in [0.5, 0.6) is 0 Å². The van der Waals surface area contributed by atoms with Crippen LogP contribution in [0.2, 0.25) is 0 Å². The van der Waals surface area contributed by atoms with Gasteiger partial charge in [-0.1, -0.05) is 104 Å². The van der Waals surface area contributed by atoms with Gasteiger partial charge < -0.3 is 40.2 Å². The van der Waals surface area contributed by atoms with Gasteiger partial charge >= 0.3 is 11.9 Å². The Morgan fingerprint density at radius 3 is 1.39 bits per heavy atom. The van der Waals surface area contributed by atoms with E-state index < -0.39 is 71.4 Å². The maximum Gasteiger partial charge on any atom is 0.328 e. The summed E-state index contributed by atoms with van der Waals surface area (Å²) < 4.78 is 23.4. The van der Waals surface area contributed by atoms with Crippen LogP contribution in [-0.2, 0) is 60.6 Å². The Morgan fingerprint density at radius 1 is 0.643 bits per heavy atom. The smallest absolute Gasteiger partial charge is 0.328 e. The third-order valence-corrected chi connectivity index (χ3v) is 8.82. The minimum atomic E-state index is -1.17. The fourth-order valence-corrected chi connectivity index (χ4v) is 5.63. The molecule has 1 fully saturated rings. The number of hydrogen-bond donors (Lipinski definition) is 4. The average Bonchev–Trinajstić information content (AvgIpc) is 3.22. The van der Waals surface area contributed by atoms with Crippen molar-refractivity contribution in [1.82, 2.24) is 21.3 Å². The molecule has 296 valence electrons. The number of ether oxygens (including phenoxy) is 4. The standard InChI is InChI=1S/C42H48N4O10/c1-5-35(47)45-33(22-30-16-10-7-11-17-30)37(49)43-28(3)39(51)53-24-42(26-55-41(56-27-42)32-20-14-9-15-21-32)25-54-40(52)29(4)44-38(50)34(46-36(48)6-2)23-31-18-12-8-13-19-31/h5-21,28-29,33-34,41H,1-2,22-27H2,3-4H3,(H,43,49)(H,44,50)(H,45,47)(H,46,48)/t28-,29-,33-,34-/m0/s1. The van der Waals surface area contributed by atoms with Gasteiger partial charge in [-0.15, -0.1) is 0 Å². The van der Waals surface area contributed by atoms with E-state index in [0.717, 1.165) is 28.8 Å². The molecule has 0 bridgehead atoms. The van der Waals surface area contributed by atoms with Crippen molar-refractivity contribution in [3.63, 3.8) is 0 Å². The Balaban J connectivity index is 1.40. The van der Waals surface area contributed by atoms with E-state index in [4.69, 9.17) is 18.9 Å². The van der Waals surface area contributed by atoms with Crippen molar-refractivity contribution in [2.45, 2.75) is 57.1 Å². The van der Waals surface area contributed by atoms with Crippen LogP contribution < -0.4 is 21.3 Å². The Hall–Kier alpha value is -6.12. The van der Waals surface area contributed by atoms with Crippen molar-refractivity contribution in [3.8, 4) is 0 Å². The van der Waals surface area contributed by atoms with Gasteiger partial charge in [-0.2, -0.15) is 0 Å². The molecule has 0 saturated carbocycles. The summed E-state index contributed by atoms with van der Waals surface area (Å²) in [7, 11) is 0. The van der Waals surface area contributed by atoms with E-state index in [1.807, 2.05) is 66.7 Å². The quantitative estimate of drug-likeness (QED) is 0.104. The minimum Gasteiger partial charge on any atom is -0.463 e. The predicted octanol–water partition coefficient (Wildman–Crippen LogP) is 2.64. The number of nitrogens with one attached hydrogen (secondary N) is 4. The molecular weight excluding hydrogens is 720 g/mol. The third kappa shape index (κ3) is 13.0. The molecule has 0 aromatic heterocycles. The third-order valence-electron chi connectivity index (χ3n) is 8.82. The van der Waals surface area contributed by atoms with E-state index in [9.17, 15) is 28.8 Å². The maximum atomic E-state index is 13.3. The molecule has 1 aliphatic heterocycles. The highest BCUT2D eigenvalue weighted by Crippen LogP contribution is 2.33. The van der Waals surface area contributed by atoms with Crippen LogP contribution in [0.3, 0.4) is 0 Å². The normalized spacial score (nSPS) is 15.7. The molecule has 3 aromatic carbocycles. The van der Waals surface area contributed by atoms with Gasteiger partial charge in [0.1, 0.15) is 37.4 Å². The molecule has 0 aliphatic carbocycles. The van der Waals surface area contributed by atoms with Crippen LogP contribution in [0.1, 0.15) is 36.8 Å². The van der Waals surface area contributed by atoms with E-state index in [-0.39, 0.29) is 39.3 Å². The topological polar surface area (TPSA) is 187 Å². The summed E-state index contributed by atoms with van der Waals surface area (Å²) in [6.07, 6.45) is 1.69. The van der Waals surface area contributed by atoms with Gasteiger partial charge in [0.2, 0.25) is 23.6 Å². The molecule has 4 atom stereocenters. The minimum absolute atomic E-state index is 0.0475. The van der Waals surface area contributed by atoms with Crippen LogP contribution in [0.25, 0.3) is 0 Å². The number of esters is 2. The Bertz CT molecular complexity index is 1710. The Morgan fingerprint density at radius 2 is 1.02 bits per heavy atom. The number of amides is 4. The van der Waals surface area contributed by atoms with Crippen LogP contribution >= 0.6 is 0 Å². The molecule has 14 nitrogen and oxygen atoms in total. The van der Waals surface area contributed by atoms with Gasteiger partial charge in [0.25, 0.3) is 0 Å². The van der Waals surface area contributed by atoms with Crippen molar-refractivity contribution in [1.29, 1.82) is 0 Å². The van der Waals surface area contributed by atoms with Gasteiger partial charge in [0.05, 0.1) is 18.6 Å². The van der Waals surface area contributed by atoms with Gasteiger partial charge in [-0.05, 0) is 37.1 Å². The van der Waals surface area contributed by atoms with Crippen LogP contribution in [0, 0.1) is 5.41 Å². The fourth-order valence-electron chi connectivity index (χ4n) is 5.63. The first kappa shape index (κ1) is 42.6. The van der Waals surface area contributed by atoms with Crippen LogP contribution in [-0.4, -0.2) is 86.2 Å². The van der Waals surface area contributed by atoms with Crippen molar-refractivity contribution in [3.05, 3.63) is 133 Å². The molecule has 0 unspecified atom stereocenters. The first-order valence-electron chi connectivity index (χ1n) is 18.1. The zero-order valence-corrected chi connectivity index (χ0v) is 31.4. The molecule has 4 amide bonds. The second-order valence-corrected chi connectivity index (χ2v) is 13.5. The lowest BCUT2D eigenvalue weighted by atomic mass is 9.91. The van der Waals surface area contributed by atoms with Gasteiger partial charge in [-0.25, -0.2) is 9.59 Å². The monoisotopic (exact) mass is 768 g/mol. The summed E-state index contributed by atoms with van der Waals surface area (Å²) in [5, 5.41) is 10.4. The molecule has 1 saturated heterocycles. The summed E-state index contributed by atoms with van der Waals surface area (Å²) in [6, 6.07) is 23.0. The number of carbonyl (C=O) groups is 6. The number of rotatable bonds is 19. The summed E-state index contributed by atoms with van der Waals surface area (Å²) in [5.41, 5.74) is 1.15. The summed E-state index contributed by atoms with van der Waals surface area (Å²) >= 11 is 0. The first-order chi connectivity index (χ1) is 26.9. The van der Waals surface area contributed by atoms with Crippen molar-refractivity contribution >= 4 is 35.6 Å². The molecule has 1 aliphatic rings. The molecule has 14 heteroatoms. The zero-order valence-electron chi connectivity index (χ0n) is 31.4. The Labute approximate surface area is 326 Å². The molecule has 3 aromatic rings. The highest BCUT2D eigenvalue weighted by molar-refractivity contribution is 5.95. The number of carbonyl (C=O) groups excluding carboxylic acids is 6. The summed E-state index contributed by atoms with van der Waals surface area (Å²) in [6.45, 7) is 9.02. The van der Waals surface area contributed by atoms with Crippen molar-refractivity contribution < 1.29 is 47.7 Å². The molecular formula is C42H48N4O10. The van der Waals surface area contributed by atoms with Crippen LogP contribution in [0.4, 0.5) is 0 Å². The highest BCUT2D eigenvalue weighted by Gasteiger charge is 2.41. The Kier molecular flexibility index (Phi) is 16.1. The lowest BCUT2D eigenvalue weighted by molar-refractivity contribution is -0.252. The van der Waals surface area contributed by atoms with Gasteiger partial charge in [-0.3, -0.25) is 19.2 Å². The molecule has 56 heavy (non-hydrogen) atoms.